The molecule has 1 fully saturated rings. The van der Waals surface area contributed by atoms with Gasteiger partial charge in [0, 0.05) is 6.54 Å². The minimum Gasteiger partial charge on any atom is -0.303 e. The third-order valence-electron chi connectivity index (χ3n) is 3.99. The van der Waals surface area contributed by atoms with E-state index in [9.17, 15) is 0 Å². The molecule has 1 aliphatic rings. The van der Waals surface area contributed by atoms with Crippen LogP contribution in [0.1, 0.15) is 42.4 Å². The van der Waals surface area contributed by atoms with E-state index in [0.717, 1.165) is 0 Å². The number of rotatable bonds is 3. The Hall–Kier alpha value is -0.820. The lowest BCUT2D eigenvalue weighted by atomic mass is 10.0. The van der Waals surface area contributed by atoms with E-state index in [1.165, 1.54) is 68.4 Å². The van der Waals surface area contributed by atoms with Gasteiger partial charge in [0.1, 0.15) is 0 Å². The van der Waals surface area contributed by atoms with Crippen LogP contribution in [0.2, 0.25) is 0 Å². The van der Waals surface area contributed by atoms with Crippen LogP contribution in [-0.4, -0.2) is 24.5 Å². The van der Waals surface area contributed by atoms with E-state index in [4.69, 9.17) is 0 Å². The van der Waals surface area contributed by atoms with E-state index >= 15 is 0 Å². The maximum absolute atomic E-state index is 2.64. The Morgan fingerprint density at radius 2 is 1.65 bits per heavy atom. The van der Waals surface area contributed by atoms with Crippen LogP contribution in [0, 0.1) is 13.8 Å². The van der Waals surface area contributed by atoms with Gasteiger partial charge < -0.3 is 4.90 Å². The number of aryl methyl sites for hydroxylation is 2. The molecule has 0 bridgehead atoms. The minimum absolute atomic E-state index is 1.21. The van der Waals surface area contributed by atoms with Gasteiger partial charge in [0.05, 0.1) is 0 Å². The van der Waals surface area contributed by atoms with Crippen LogP contribution in [0.4, 0.5) is 0 Å². The maximum Gasteiger partial charge on any atom is 0.00218 e. The van der Waals surface area contributed by atoms with Gasteiger partial charge in [-0.3, -0.25) is 0 Å². The zero-order valence-electron chi connectivity index (χ0n) is 11.3. The highest BCUT2D eigenvalue weighted by molar-refractivity contribution is 5.30. The molecule has 0 unspecified atom stereocenters. The summed E-state index contributed by atoms with van der Waals surface area (Å²) in [5, 5.41) is 0. The molecule has 94 valence electrons. The molecule has 1 aromatic carbocycles. The largest absolute Gasteiger partial charge is 0.303 e. The van der Waals surface area contributed by atoms with Gasteiger partial charge in [-0.1, -0.05) is 31.0 Å². The molecule has 1 nitrogen and oxygen atoms in total. The Labute approximate surface area is 106 Å². The molecule has 1 heterocycles. The van der Waals surface area contributed by atoms with Gasteiger partial charge >= 0.3 is 0 Å². The van der Waals surface area contributed by atoms with E-state index in [-0.39, 0.29) is 0 Å². The molecule has 1 aromatic rings. The summed E-state index contributed by atoms with van der Waals surface area (Å²) >= 11 is 0. The van der Waals surface area contributed by atoms with Crippen LogP contribution in [-0.2, 0) is 6.42 Å². The first-order valence-corrected chi connectivity index (χ1v) is 7.04. The van der Waals surface area contributed by atoms with E-state index in [1.807, 2.05) is 0 Å². The van der Waals surface area contributed by atoms with Crippen LogP contribution in [0.3, 0.4) is 0 Å². The number of nitrogens with zero attached hydrogens (tertiary/aromatic N) is 1. The van der Waals surface area contributed by atoms with E-state index < -0.39 is 0 Å². The van der Waals surface area contributed by atoms with Gasteiger partial charge in [-0.05, 0) is 62.9 Å². The van der Waals surface area contributed by atoms with Crippen molar-refractivity contribution >= 4 is 0 Å². The summed E-state index contributed by atoms with van der Waals surface area (Å²) in [6, 6.07) is 6.90. The summed E-state index contributed by atoms with van der Waals surface area (Å²) < 4.78 is 0. The van der Waals surface area contributed by atoms with Gasteiger partial charge in [-0.15, -0.1) is 0 Å². The second-order valence-corrected chi connectivity index (χ2v) is 5.42. The fourth-order valence-corrected chi connectivity index (χ4v) is 2.61. The molecule has 0 saturated carbocycles. The Morgan fingerprint density at radius 3 is 2.29 bits per heavy atom. The first-order chi connectivity index (χ1) is 8.25. The zero-order valence-corrected chi connectivity index (χ0v) is 11.3. The van der Waals surface area contributed by atoms with Gasteiger partial charge in [0.25, 0.3) is 0 Å². The van der Waals surface area contributed by atoms with E-state index in [0.29, 0.717) is 0 Å². The van der Waals surface area contributed by atoms with Crippen LogP contribution in [0.5, 0.6) is 0 Å². The Kier molecular flexibility index (Phi) is 4.61. The molecule has 0 amide bonds. The third kappa shape index (κ3) is 3.85. The zero-order chi connectivity index (χ0) is 12.1. The number of hydrogen-bond acceptors (Lipinski definition) is 1. The second-order valence-electron chi connectivity index (χ2n) is 5.42. The molecule has 0 aliphatic carbocycles. The highest BCUT2D eigenvalue weighted by Crippen LogP contribution is 2.13. The average Bonchev–Trinajstić information content (AvgIpc) is 2.59. The van der Waals surface area contributed by atoms with Crippen molar-refractivity contribution in [3.63, 3.8) is 0 Å². The van der Waals surface area contributed by atoms with Crippen molar-refractivity contribution in [3.8, 4) is 0 Å². The van der Waals surface area contributed by atoms with Gasteiger partial charge in [-0.25, -0.2) is 0 Å². The van der Waals surface area contributed by atoms with Crippen molar-refractivity contribution < 1.29 is 0 Å². The van der Waals surface area contributed by atoms with E-state index in [2.05, 4.69) is 36.9 Å². The lowest BCUT2D eigenvalue weighted by molar-refractivity contribution is 0.289. The van der Waals surface area contributed by atoms with Crippen LogP contribution in [0.25, 0.3) is 0 Å². The summed E-state index contributed by atoms with van der Waals surface area (Å²) in [5.41, 5.74) is 4.33. The maximum atomic E-state index is 2.64. The van der Waals surface area contributed by atoms with Crippen molar-refractivity contribution in [2.24, 2.45) is 0 Å². The molecule has 1 saturated heterocycles. The first-order valence-electron chi connectivity index (χ1n) is 7.04. The number of likely N-dealkylation sites (tertiary alicyclic amines) is 1. The average molecular weight is 231 g/mol. The molecule has 0 atom stereocenters. The lowest BCUT2D eigenvalue weighted by Gasteiger charge is -2.19. The highest BCUT2D eigenvalue weighted by Gasteiger charge is 2.08. The minimum atomic E-state index is 1.21. The topological polar surface area (TPSA) is 3.24 Å². The highest BCUT2D eigenvalue weighted by atomic mass is 15.1. The number of benzene rings is 1. The van der Waals surface area contributed by atoms with Crippen molar-refractivity contribution in [1.82, 2.24) is 4.90 Å². The molecular formula is C16H25N. The fourth-order valence-electron chi connectivity index (χ4n) is 2.61. The monoisotopic (exact) mass is 231 g/mol. The molecule has 17 heavy (non-hydrogen) atoms. The van der Waals surface area contributed by atoms with Crippen molar-refractivity contribution in [2.75, 3.05) is 19.6 Å². The lowest BCUT2D eigenvalue weighted by Crippen LogP contribution is -2.26. The Morgan fingerprint density at radius 1 is 0.941 bits per heavy atom. The standard InChI is InChI=1S/C16H25N/c1-14-7-8-16(13-15(14)2)9-12-17-10-5-3-4-6-11-17/h7-8,13H,3-6,9-12H2,1-2H3. The quantitative estimate of drug-likeness (QED) is 0.766. The molecule has 1 heteroatoms. The smallest absolute Gasteiger partial charge is 0.00218 e. The molecule has 0 N–H and O–H groups in total. The van der Waals surface area contributed by atoms with Gasteiger partial charge in [0.15, 0.2) is 0 Å². The molecular weight excluding hydrogens is 206 g/mol. The van der Waals surface area contributed by atoms with Crippen LogP contribution in [0.15, 0.2) is 18.2 Å². The molecule has 2 rings (SSSR count). The van der Waals surface area contributed by atoms with Gasteiger partial charge in [-0.2, -0.15) is 0 Å². The van der Waals surface area contributed by atoms with Crippen molar-refractivity contribution in [3.05, 3.63) is 34.9 Å². The predicted molar refractivity (Wildman–Crippen MR) is 74.5 cm³/mol. The van der Waals surface area contributed by atoms with E-state index in [1.54, 1.807) is 0 Å². The fraction of sp³-hybridized carbons (Fsp3) is 0.625. The van der Waals surface area contributed by atoms with Gasteiger partial charge in [0.2, 0.25) is 0 Å². The molecule has 0 spiro atoms. The molecule has 0 radical (unpaired) electrons. The summed E-state index contributed by atoms with van der Waals surface area (Å²) in [5.74, 6) is 0. The third-order valence-corrected chi connectivity index (χ3v) is 3.99. The first kappa shape index (κ1) is 12.6. The van der Waals surface area contributed by atoms with Crippen molar-refractivity contribution in [1.29, 1.82) is 0 Å². The molecule has 0 aromatic heterocycles. The Balaban J connectivity index is 1.85. The summed E-state index contributed by atoms with van der Waals surface area (Å²) in [6.45, 7) is 8.26. The van der Waals surface area contributed by atoms with Crippen LogP contribution >= 0.6 is 0 Å². The Bertz CT molecular complexity index is 349. The van der Waals surface area contributed by atoms with Crippen LogP contribution < -0.4 is 0 Å². The summed E-state index contributed by atoms with van der Waals surface area (Å²) in [6.07, 6.45) is 6.86. The second kappa shape index (κ2) is 6.20. The molecule has 1 aliphatic heterocycles. The SMILES string of the molecule is Cc1ccc(CCN2CCCCCC2)cc1C. The summed E-state index contributed by atoms with van der Waals surface area (Å²) in [7, 11) is 0. The number of hydrogen-bond donors (Lipinski definition) is 0. The predicted octanol–water partition coefficient (Wildman–Crippen LogP) is 3.72. The normalized spacial score (nSPS) is 18.0. The summed E-state index contributed by atoms with van der Waals surface area (Å²) in [4.78, 5) is 2.64. The van der Waals surface area contributed by atoms with Crippen molar-refractivity contribution in [2.45, 2.75) is 46.0 Å².